The molecule has 0 saturated heterocycles. The van der Waals surface area contributed by atoms with Gasteiger partial charge in [-0.15, -0.1) is 0 Å². The molecule has 6 heteroatoms. The number of aromatic nitrogens is 1. The minimum absolute atomic E-state index is 0.109. The van der Waals surface area contributed by atoms with Gasteiger partial charge in [-0.1, -0.05) is 12.1 Å². The second-order valence-electron chi connectivity index (χ2n) is 6.63. The molecule has 1 aromatic heterocycles. The van der Waals surface area contributed by atoms with Gasteiger partial charge < -0.3 is 15.5 Å². The van der Waals surface area contributed by atoms with Gasteiger partial charge in [-0.25, -0.2) is 0 Å². The van der Waals surface area contributed by atoms with E-state index in [1.807, 2.05) is 18.2 Å². The van der Waals surface area contributed by atoms with Crippen molar-refractivity contribution in [1.82, 2.24) is 4.98 Å². The molecule has 0 bridgehead atoms. The average Bonchev–Trinajstić information content (AvgIpc) is 3.45. The number of primary amides is 1. The summed E-state index contributed by atoms with van der Waals surface area (Å²) in [5, 5.41) is 0. The fourth-order valence-corrected chi connectivity index (χ4v) is 3.26. The normalized spacial score (nSPS) is 16.5. The lowest BCUT2D eigenvalue weighted by Gasteiger charge is -2.38. The van der Waals surface area contributed by atoms with E-state index in [1.165, 1.54) is 25.1 Å². The number of fused-ring (bicyclic) bond motifs is 1. The van der Waals surface area contributed by atoms with E-state index >= 15 is 0 Å². The summed E-state index contributed by atoms with van der Waals surface area (Å²) in [5.41, 5.74) is 7.85. The Morgan fingerprint density at radius 1 is 1.08 bits per heavy atom. The van der Waals surface area contributed by atoms with E-state index in [9.17, 15) is 9.59 Å². The zero-order chi connectivity index (χ0) is 17.4. The summed E-state index contributed by atoms with van der Waals surface area (Å²) in [6.07, 6.45) is 4.03. The van der Waals surface area contributed by atoms with Gasteiger partial charge in [-0.3, -0.25) is 14.6 Å². The molecule has 0 unspecified atom stereocenters. The molecule has 2 N–H and O–H groups in total. The van der Waals surface area contributed by atoms with E-state index in [2.05, 4.69) is 16.0 Å². The molecule has 25 heavy (non-hydrogen) atoms. The Hall–Kier alpha value is -2.89. The van der Waals surface area contributed by atoms with E-state index in [-0.39, 0.29) is 11.6 Å². The number of carbonyl (C=O) groups is 2. The summed E-state index contributed by atoms with van der Waals surface area (Å²) in [6, 6.07) is 11.1. The summed E-state index contributed by atoms with van der Waals surface area (Å²) in [5.74, 6) is 0.0842. The molecule has 2 aromatic rings. The molecule has 4 rings (SSSR count). The quantitative estimate of drug-likeness (QED) is 0.927. The van der Waals surface area contributed by atoms with Crippen molar-refractivity contribution in [2.24, 2.45) is 11.7 Å². The number of para-hydroxylation sites is 2. The molecule has 2 amide bonds. The van der Waals surface area contributed by atoms with Crippen LogP contribution in [-0.2, 0) is 0 Å². The Kier molecular flexibility index (Phi) is 3.87. The summed E-state index contributed by atoms with van der Waals surface area (Å²) in [7, 11) is 0. The van der Waals surface area contributed by atoms with Crippen LogP contribution in [0.2, 0.25) is 0 Å². The molecule has 1 fully saturated rings. The highest BCUT2D eigenvalue weighted by Gasteiger charge is 2.31. The van der Waals surface area contributed by atoms with Crippen LogP contribution in [0.1, 0.15) is 33.7 Å². The van der Waals surface area contributed by atoms with Crippen molar-refractivity contribution in [3.05, 3.63) is 53.9 Å². The molecule has 1 saturated carbocycles. The van der Waals surface area contributed by atoms with E-state index in [1.54, 1.807) is 11.0 Å². The molecule has 1 aliphatic carbocycles. The van der Waals surface area contributed by atoms with Crippen LogP contribution >= 0.6 is 0 Å². The van der Waals surface area contributed by atoms with Crippen molar-refractivity contribution in [3.63, 3.8) is 0 Å². The molecule has 0 radical (unpaired) electrons. The third-order valence-electron chi connectivity index (χ3n) is 4.79. The largest absolute Gasteiger partial charge is 0.368 e. The van der Waals surface area contributed by atoms with Crippen LogP contribution in [0, 0.1) is 5.92 Å². The molecular weight excluding hydrogens is 316 g/mol. The van der Waals surface area contributed by atoms with Crippen LogP contribution in [0.25, 0.3) is 0 Å². The van der Waals surface area contributed by atoms with Crippen molar-refractivity contribution < 1.29 is 9.59 Å². The van der Waals surface area contributed by atoms with E-state index in [0.29, 0.717) is 12.1 Å². The minimum atomic E-state index is -0.599. The SMILES string of the molecule is NC(=O)c1ccc(C(=O)N2CCN(CC3CC3)c3ccccc32)cn1. The highest BCUT2D eigenvalue weighted by Crippen LogP contribution is 2.37. The Balaban J connectivity index is 1.61. The van der Waals surface area contributed by atoms with E-state index < -0.39 is 5.91 Å². The van der Waals surface area contributed by atoms with Crippen LogP contribution < -0.4 is 15.5 Å². The van der Waals surface area contributed by atoms with Crippen LogP contribution in [0.3, 0.4) is 0 Å². The van der Waals surface area contributed by atoms with Gasteiger partial charge in [0, 0.05) is 25.8 Å². The fraction of sp³-hybridized carbons (Fsp3) is 0.316. The van der Waals surface area contributed by atoms with Crippen LogP contribution in [0.15, 0.2) is 42.6 Å². The van der Waals surface area contributed by atoms with Gasteiger partial charge in [0.15, 0.2) is 0 Å². The zero-order valence-electron chi connectivity index (χ0n) is 13.9. The summed E-state index contributed by atoms with van der Waals surface area (Å²) in [6.45, 7) is 2.53. The van der Waals surface area contributed by atoms with Crippen LogP contribution in [0.5, 0.6) is 0 Å². The lowest BCUT2D eigenvalue weighted by atomic mass is 10.1. The Morgan fingerprint density at radius 2 is 1.84 bits per heavy atom. The number of pyridine rings is 1. The number of benzene rings is 1. The summed E-state index contributed by atoms with van der Waals surface area (Å²) >= 11 is 0. The first-order valence-electron chi connectivity index (χ1n) is 8.55. The smallest absolute Gasteiger partial charge is 0.267 e. The summed E-state index contributed by atoms with van der Waals surface area (Å²) in [4.78, 5) is 32.2. The van der Waals surface area contributed by atoms with E-state index in [0.717, 1.165) is 30.4 Å². The highest BCUT2D eigenvalue weighted by molar-refractivity contribution is 6.08. The molecule has 0 spiro atoms. The first-order valence-corrected chi connectivity index (χ1v) is 8.55. The van der Waals surface area contributed by atoms with Crippen molar-refractivity contribution >= 4 is 23.2 Å². The maximum Gasteiger partial charge on any atom is 0.267 e. The molecule has 1 aliphatic heterocycles. The molecule has 0 atom stereocenters. The standard InChI is InChI=1S/C19H20N4O2/c20-18(24)15-8-7-14(11-21-15)19(25)23-10-9-22(12-13-5-6-13)16-3-1-2-4-17(16)23/h1-4,7-8,11,13H,5-6,9-10,12H2,(H2,20,24). The minimum Gasteiger partial charge on any atom is -0.368 e. The lowest BCUT2D eigenvalue weighted by molar-refractivity contribution is 0.0977. The third-order valence-corrected chi connectivity index (χ3v) is 4.79. The first-order chi connectivity index (χ1) is 12.1. The van der Waals surface area contributed by atoms with Crippen molar-refractivity contribution in [3.8, 4) is 0 Å². The molecular formula is C19H20N4O2. The first kappa shape index (κ1) is 15.6. The average molecular weight is 336 g/mol. The van der Waals surface area contributed by atoms with Crippen molar-refractivity contribution in [2.75, 3.05) is 29.4 Å². The van der Waals surface area contributed by atoms with Gasteiger partial charge >= 0.3 is 0 Å². The van der Waals surface area contributed by atoms with Gasteiger partial charge in [0.2, 0.25) is 0 Å². The van der Waals surface area contributed by atoms with Gasteiger partial charge in [0.1, 0.15) is 5.69 Å². The molecule has 128 valence electrons. The topological polar surface area (TPSA) is 79.5 Å². The van der Waals surface area contributed by atoms with Gasteiger partial charge in [0.05, 0.1) is 16.9 Å². The number of amides is 2. The molecule has 1 aromatic carbocycles. The molecule has 6 nitrogen and oxygen atoms in total. The Morgan fingerprint density at radius 3 is 2.48 bits per heavy atom. The van der Waals surface area contributed by atoms with Crippen molar-refractivity contribution in [1.29, 1.82) is 0 Å². The van der Waals surface area contributed by atoms with Gasteiger partial charge in [0.25, 0.3) is 11.8 Å². The Labute approximate surface area is 146 Å². The predicted octanol–water partition coefficient (Wildman–Crippen LogP) is 2.06. The molecule has 2 aliphatic rings. The lowest BCUT2D eigenvalue weighted by Crippen LogP contribution is -2.44. The monoisotopic (exact) mass is 336 g/mol. The van der Waals surface area contributed by atoms with Crippen molar-refractivity contribution in [2.45, 2.75) is 12.8 Å². The molecule has 2 heterocycles. The predicted molar refractivity (Wildman–Crippen MR) is 95.8 cm³/mol. The van der Waals surface area contributed by atoms with E-state index in [4.69, 9.17) is 5.73 Å². The van der Waals surface area contributed by atoms with Gasteiger partial charge in [-0.2, -0.15) is 0 Å². The number of nitrogens with two attached hydrogens (primary N) is 1. The maximum atomic E-state index is 12.9. The number of rotatable bonds is 4. The number of carbonyl (C=O) groups excluding carboxylic acids is 2. The maximum absolute atomic E-state index is 12.9. The highest BCUT2D eigenvalue weighted by atomic mass is 16.2. The second-order valence-corrected chi connectivity index (χ2v) is 6.63. The van der Waals surface area contributed by atoms with Gasteiger partial charge in [-0.05, 0) is 43.0 Å². The zero-order valence-corrected chi connectivity index (χ0v) is 13.9. The fourth-order valence-electron chi connectivity index (χ4n) is 3.26. The number of hydrogen-bond donors (Lipinski definition) is 1. The van der Waals surface area contributed by atoms with Crippen LogP contribution in [-0.4, -0.2) is 36.4 Å². The van der Waals surface area contributed by atoms with Crippen LogP contribution in [0.4, 0.5) is 11.4 Å². The number of anilines is 2. The second kappa shape index (κ2) is 6.20. The summed E-state index contributed by atoms with van der Waals surface area (Å²) < 4.78 is 0. The number of hydrogen-bond acceptors (Lipinski definition) is 4. The Bertz CT molecular complexity index is 814. The number of nitrogens with zero attached hydrogens (tertiary/aromatic N) is 3. The third kappa shape index (κ3) is 3.07.